The van der Waals surface area contributed by atoms with Crippen LogP contribution in [0.4, 0.5) is 0 Å². The Hall–Kier alpha value is -0.570. The molecule has 0 saturated carbocycles. The van der Waals surface area contributed by atoms with Gasteiger partial charge >= 0.3 is 5.97 Å². The number of hydrogen-bond donors (Lipinski definition) is 0. The van der Waals surface area contributed by atoms with Crippen LogP contribution in [0.15, 0.2) is 0 Å². The number of carbonyl (C=O) groups excluding carboxylic acids is 1. The molecule has 0 aromatic rings. The molecular formula is C11H24NO2+. The summed E-state index contributed by atoms with van der Waals surface area (Å²) in [6.45, 7) is 11.2. The van der Waals surface area contributed by atoms with Gasteiger partial charge in [-0.05, 0) is 20.8 Å². The van der Waals surface area contributed by atoms with Crippen molar-refractivity contribution in [2.75, 3.05) is 33.3 Å². The summed E-state index contributed by atoms with van der Waals surface area (Å²) in [7, 11) is 1.45. The molecule has 0 heterocycles. The lowest BCUT2D eigenvalue weighted by molar-refractivity contribution is -0.923. The van der Waals surface area contributed by atoms with Crippen molar-refractivity contribution >= 4 is 5.97 Å². The van der Waals surface area contributed by atoms with Gasteiger partial charge in [-0.3, -0.25) is 4.79 Å². The van der Waals surface area contributed by atoms with E-state index in [0.29, 0.717) is 6.42 Å². The summed E-state index contributed by atoms with van der Waals surface area (Å²) in [6.07, 6.45) is 1.48. The van der Waals surface area contributed by atoms with Crippen molar-refractivity contribution in [2.24, 2.45) is 0 Å². The maximum atomic E-state index is 10.9. The Labute approximate surface area is 87.6 Å². The second-order valence-electron chi connectivity index (χ2n) is 3.69. The SMILES string of the molecule is CC[N+](CC)(CC)CCCC(=O)OC. The number of quaternary nitrogens is 1. The molecule has 0 bridgehead atoms. The zero-order valence-electron chi connectivity index (χ0n) is 10.0. The van der Waals surface area contributed by atoms with Gasteiger partial charge in [-0.15, -0.1) is 0 Å². The summed E-state index contributed by atoms with van der Waals surface area (Å²) in [5.74, 6) is -0.0913. The van der Waals surface area contributed by atoms with Crippen molar-refractivity contribution in [3.63, 3.8) is 0 Å². The number of rotatable bonds is 7. The van der Waals surface area contributed by atoms with Gasteiger partial charge < -0.3 is 9.22 Å². The van der Waals surface area contributed by atoms with E-state index in [4.69, 9.17) is 0 Å². The van der Waals surface area contributed by atoms with Gasteiger partial charge in [0.05, 0.1) is 39.7 Å². The van der Waals surface area contributed by atoms with Crippen LogP contribution in [-0.2, 0) is 9.53 Å². The first-order chi connectivity index (χ1) is 6.64. The lowest BCUT2D eigenvalue weighted by Gasteiger charge is -2.35. The second kappa shape index (κ2) is 6.82. The molecule has 0 amide bonds. The van der Waals surface area contributed by atoms with E-state index in [0.717, 1.165) is 37.1 Å². The Bertz CT molecular complexity index is 156. The summed E-state index contributed by atoms with van der Waals surface area (Å²) in [4.78, 5) is 10.9. The highest BCUT2D eigenvalue weighted by atomic mass is 16.5. The van der Waals surface area contributed by atoms with E-state index in [2.05, 4.69) is 25.5 Å². The fraction of sp³-hybridized carbons (Fsp3) is 0.909. The lowest BCUT2D eigenvalue weighted by Crippen LogP contribution is -2.48. The molecule has 0 rings (SSSR count). The van der Waals surface area contributed by atoms with Crippen molar-refractivity contribution in [1.82, 2.24) is 0 Å². The molecule has 0 aliphatic heterocycles. The summed E-state index contributed by atoms with van der Waals surface area (Å²) < 4.78 is 5.73. The smallest absolute Gasteiger partial charge is 0.305 e. The predicted octanol–water partition coefficient (Wildman–Crippen LogP) is 1.82. The molecule has 0 aliphatic rings. The number of hydrogen-bond acceptors (Lipinski definition) is 2. The van der Waals surface area contributed by atoms with Gasteiger partial charge in [0.2, 0.25) is 0 Å². The summed E-state index contributed by atoms with van der Waals surface area (Å²) >= 11 is 0. The number of ether oxygens (including phenoxy) is 1. The average molecular weight is 202 g/mol. The Morgan fingerprint density at radius 2 is 1.64 bits per heavy atom. The molecule has 0 fully saturated rings. The van der Waals surface area contributed by atoms with E-state index < -0.39 is 0 Å². The standard InChI is InChI=1S/C11H24NO2/c1-5-12(6-2,7-3)10-8-9-11(13)14-4/h5-10H2,1-4H3/q+1. The predicted molar refractivity (Wildman–Crippen MR) is 58.0 cm³/mol. The Morgan fingerprint density at radius 3 is 2.00 bits per heavy atom. The van der Waals surface area contributed by atoms with Crippen LogP contribution < -0.4 is 0 Å². The van der Waals surface area contributed by atoms with Gasteiger partial charge in [-0.2, -0.15) is 0 Å². The summed E-state index contributed by atoms with van der Waals surface area (Å²) in [6, 6.07) is 0. The van der Waals surface area contributed by atoms with Crippen LogP contribution in [0.3, 0.4) is 0 Å². The zero-order valence-corrected chi connectivity index (χ0v) is 10.0. The van der Waals surface area contributed by atoms with E-state index in [-0.39, 0.29) is 5.97 Å². The molecule has 0 atom stereocenters. The minimum atomic E-state index is -0.0913. The van der Waals surface area contributed by atoms with E-state index in [1.54, 1.807) is 0 Å². The zero-order chi connectivity index (χ0) is 11.0. The van der Waals surface area contributed by atoms with Crippen LogP contribution >= 0.6 is 0 Å². The third kappa shape index (κ3) is 4.09. The van der Waals surface area contributed by atoms with Gasteiger partial charge in [-0.1, -0.05) is 0 Å². The van der Waals surface area contributed by atoms with Crippen LogP contribution in [0.5, 0.6) is 0 Å². The van der Waals surface area contributed by atoms with Crippen LogP contribution in [0.2, 0.25) is 0 Å². The lowest BCUT2D eigenvalue weighted by atomic mass is 10.2. The molecule has 0 saturated heterocycles. The molecule has 0 unspecified atom stereocenters. The summed E-state index contributed by atoms with van der Waals surface area (Å²) in [5, 5.41) is 0. The van der Waals surface area contributed by atoms with E-state index in [1.165, 1.54) is 7.11 Å². The van der Waals surface area contributed by atoms with Crippen molar-refractivity contribution in [3.05, 3.63) is 0 Å². The van der Waals surface area contributed by atoms with Crippen LogP contribution in [0.25, 0.3) is 0 Å². The highest BCUT2D eigenvalue weighted by molar-refractivity contribution is 5.68. The normalized spacial score (nSPS) is 11.4. The topological polar surface area (TPSA) is 26.3 Å². The van der Waals surface area contributed by atoms with Crippen molar-refractivity contribution in [1.29, 1.82) is 0 Å². The van der Waals surface area contributed by atoms with Gasteiger partial charge in [0.25, 0.3) is 0 Å². The monoisotopic (exact) mass is 202 g/mol. The quantitative estimate of drug-likeness (QED) is 0.465. The Kier molecular flexibility index (Phi) is 6.54. The van der Waals surface area contributed by atoms with E-state index in [1.807, 2.05) is 0 Å². The highest BCUT2D eigenvalue weighted by Gasteiger charge is 2.20. The number of methoxy groups -OCH3 is 1. The molecule has 3 nitrogen and oxygen atoms in total. The minimum absolute atomic E-state index is 0.0913. The van der Waals surface area contributed by atoms with Gasteiger partial charge in [0.15, 0.2) is 0 Å². The van der Waals surface area contributed by atoms with Gasteiger partial charge in [-0.25, -0.2) is 0 Å². The average Bonchev–Trinajstić information content (AvgIpc) is 2.25. The van der Waals surface area contributed by atoms with Crippen LogP contribution in [-0.4, -0.2) is 43.7 Å². The molecule has 0 aliphatic carbocycles. The molecule has 0 aromatic carbocycles. The number of esters is 1. The Balaban J connectivity index is 3.88. The molecule has 0 N–H and O–H groups in total. The first-order valence-corrected chi connectivity index (χ1v) is 5.56. The van der Waals surface area contributed by atoms with Gasteiger partial charge in [0, 0.05) is 6.42 Å². The van der Waals surface area contributed by atoms with Crippen molar-refractivity contribution in [2.45, 2.75) is 33.6 Å². The largest absolute Gasteiger partial charge is 0.469 e. The van der Waals surface area contributed by atoms with Crippen LogP contribution in [0.1, 0.15) is 33.6 Å². The molecule has 0 spiro atoms. The van der Waals surface area contributed by atoms with Crippen molar-refractivity contribution in [3.8, 4) is 0 Å². The van der Waals surface area contributed by atoms with Crippen molar-refractivity contribution < 1.29 is 14.0 Å². The molecule has 14 heavy (non-hydrogen) atoms. The first kappa shape index (κ1) is 13.4. The molecule has 84 valence electrons. The highest BCUT2D eigenvalue weighted by Crippen LogP contribution is 2.08. The van der Waals surface area contributed by atoms with Crippen LogP contribution in [0, 0.1) is 0 Å². The Morgan fingerprint density at radius 1 is 1.14 bits per heavy atom. The van der Waals surface area contributed by atoms with Gasteiger partial charge in [0.1, 0.15) is 0 Å². The second-order valence-corrected chi connectivity index (χ2v) is 3.69. The third-order valence-corrected chi connectivity index (χ3v) is 3.25. The minimum Gasteiger partial charge on any atom is -0.469 e. The molecule has 3 heteroatoms. The number of nitrogens with zero attached hydrogens (tertiary/aromatic N) is 1. The maximum absolute atomic E-state index is 10.9. The maximum Gasteiger partial charge on any atom is 0.305 e. The molecule has 0 aromatic heterocycles. The molecular weight excluding hydrogens is 178 g/mol. The first-order valence-electron chi connectivity index (χ1n) is 5.56. The summed E-state index contributed by atoms with van der Waals surface area (Å²) in [5.41, 5.74) is 0. The fourth-order valence-corrected chi connectivity index (χ4v) is 1.81. The molecule has 0 radical (unpaired) electrons. The third-order valence-electron chi connectivity index (χ3n) is 3.25. The van der Waals surface area contributed by atoms with E-state index in [9.17, 15) is 4.79 Å². The van der Waals surface area contributed by atoms with E-state index >= 15 is 0 Å². The number of carbonyl (C=O) groups is 1. The fourth-order valence-electron chi connectivity index (χ4n) is 1.81.